The van der Waals surface area contributed by atoms with E-state index in [0.717, 1.165) is 47.9 Å². The SMILES string of the molecule is CC(C)(C)c1cc2cn(-c3ccc(CNCCCN=C(N)N)cc3)c(=O)nc2[nH]1.CC(CN)Cc1cc(C(C)(C)C)c(F)c(C(F)(F)F)c1. The van der Waals surface area contributed by atoms with Gasteiger partial charge in [0.1, 0.15) is 11.5 Å². The number of nitrogens with zero attached hydrogens (tertiary/aromatic N) is 3. The average molecular weight is 687 g/mol. The van der Waals surface area contributed by atoms with Crippen LogP contribution in [0.1, 0.15) is 82.8 Å². The number of halogens is 4. The monoisotopic (exact) mass is 686 g/mol. The van der Waals surface area contributed by atoms with Crippen molar-refractivity contribution in [3.05, 3.63) is 92.9 Å². The number of rotatable bonds is 10. The Labute approximate surface area is 285 Å². The van der Waals surface area contributed by atoms with Crippen LogP contribution in [0.25, 0.3) is 16.7 Å². The van der Waals surface area contributed by atoms with Crippen LogP contribution in [0, 0.1) is 11.7 Å². The second-order valence-electron chi connectivity index (χ2n) is 14.4. The lowest BCUT2D eigenvalue weighted by molar-refractivity contribution is -0.140. The number of benzene rings is 2. The molecule has 0 amide bonds. The predicted octanol–water partition coefficient (Wildman–Crippen LogP) is 6.04. The van der Waals surface area contributed by atoms with Gasteiger partial charge in [-0.1, -0.05) is 66.7 Å². The molecule has 0 saturated heterocycles. The van der Waals surface area contributed by atoms with Gasteiger partial charge in [0.25, 0.3) is 0 Å². The van der Waals surface area contributed by atoms with Gasteiger partial charge in [-0.3, -0.25) is 9.56 Å². The highest BCUT2D eigenvalue weighted by Crippen LogP contribution is 2.37. The quantitative estimate of drug-likeness (QED) is 0.0593. The Hall–Kier alpha value is -4.23. The molecular weight excluding hydrogens is 636 g/mol. The molecule has 9 nitrogen and oxygen atoms in total. The fourth-order valence-electron chi connectivity index (χ4n) is 5.04. The first-order chi connectivity index (χ1) is 22.7. The van der Waals surface area contributed by atoms with Gasteiger partial charge in [-0.05, 0) is 78.2 Å². The molecule has 0 saturated carbocycles. The summed E-state index contributed by atoms with van der Waals surface area (Å²) in [4.78, 5) is 23.9. The van der Waals surface area contributed by atoms with E-state index in [9.17, 15) is 22.4 Å². The first-order valence-corrected chi connectivity index (χ1v) is 16.3. The van der Waals surface area contributed by atoms with Gasteiger partial charge in [-0.2, -0.15) is 18.2 Å². The summed E-state index contributed by atoms with van der Waals surface area (Å²) >= 11 is 0. The third-order valence-electron chi connectivity index (χ3n) is 7.90. The molecule has 0 aliphatic rings. The maximum Gasteiger partial charge on any atom is 0.419 e. The molecule has 2 aromatic heterocycles. The van der Waals surface area contributed by atoms with Gasteiger partial charge in [-0.15, -0.1) is 0 Å². The summed E-state index contributed by atoms with van der Waals surface area (Å²) < 4.78 is 54.6. The number of aromatic nitrogens is 3. The van der Waals surface area contributed by atoms with Crippen LogP contribution >= 0.6 is 0 Å². The zero-order valence-corrected chi connectivity index (χ0v) is 29.4. The first kappa shape index (κ1) is 39.2. The molecule has 268 valence electrons. The van der Waals surface area contributed by atoms with Gasteiger partial charge < -0.3 is 27.5 Å². The molecule has 0 radical (unpaired) electrons. The van der Waals surface area contributed by atoms with Crippen molar-refractivity contribution in [1.29, 1.82) is 0 Å². The Morgan fingerprint density at radius 3 is 2.16 bits per heavy atom. The lowest BCUT2D eigenvalue weighted by atomic mass is 9.83. The van der Waals surface area contributed by atoms with E-state index in [1.54, 1.807) is 25.3 Å². The van der Waals surface area contributed by atoms with Crippen LogP contribution in [-0.2, 0) is 30.0 Å². The van der Waals surface area contributed by atoms with Crippen LogP contribution < -0.4 is 28.2 Å². The van der Waals surface area contributed by atoms with Crippen molar-refractivity contribution in [2.75, 3.05) is 19.6 Å². The number of guanidine groups is 1. The molecule has 1 atom stereocenters. The van der Waals surface area contributed by atoms with E-state index in [2.05, 4.69) is 47.1 Å². The minimum Gasteiger partial charge on any atom is -0.370 e. The lowest BCUT2D eigenvalue weighted by Crippen LogP contribution is -2.23. The minimum absolute atomic E-state index is 0.0352. The normalized spacial score (nSPS) is 12.8. The largest absolute Gasteiger partial charge is 0.419 e. The van der Waals surface area contributed by atoms with E-state index in [1.165, 1.54) is 6.07 Å². The van der Waals surface area contributed by atoms with E-state index >= 15 is 0 Å². The van der Waals surface area contributed by atoms with Gasteiger partial charge in [0.15, 0.2) is 5.96 Å². The van der Waals surface area contributed by atoms with Gasteiger partial charge in [0.05, 0.1) is 11.3 Å². The number of nitrogens with two attached hydrogens (primary N) is 3. The van der Waals surface area contributed by atoms with E-state index in [1.807, 2.05) is 37.4 Å². The average Bonchev–Trinajstić information content (AvgIpc) is 3.42. The number of aromatic amines is 1. The number of alkyl halides is 3. The predicted molar refractivity (Wildman–Crippen MR) is 189 cm³/mol. The summed E-state index contributed by atoms with van der Waals surface area (Å²) in [5.41, 5.74) is 18.0. The molecule has 0 bridgehead atoms. The van der Waals surface area contributed by atoms with Crippen molar-refractivity contribution in [2.24, 2.45) is 28.1 Å². The Balaban J connectivity index is 0.000000286. The van der Waals surface area contributed by atoms with Gasteiger partial charge in [0, 0.05) is 35.8 Å². The van der Waals surface area contributed by atoms with Crippen LogP contribution in [-0.4, -0.2) is 40.1 Å². The number of hydrogen-bond donors (Lipinski definition) is 5. The summed E-state index contributed by atoms with van der Waals surface area (Å²) in [5.74, 6) is -0.999. The molecule has 0 aliphatic carbocycles. The van der Waals surface area contributed by atoms with Crippen molar-refractivity contribution in [2.45, 2.75) is 84.9 Å². The van der Waals surface area contributed by atoms with Crippen molar-refractivity contribution >= 4 is 17.0 Å². The summed E-state index contributed by atoms with van der Waals surface area (Å²) in [6.45, 7) is 15.9. The molecule has 1 unspecified atom stereocenters. The maximum atomic E-state index is 14.1. The summed E-state index contributed by atoms with van der Waals surface area (Å²) in [6.07, 6.45) is -1.58. The lowest BCUT2D eigenvalue weighted by Gasteiger charge is -2.24. The van der Waals surface area contributed by atoms with E-state index in [4.69, 9.17) is 17.2 Å². The van der Waals surface area contributed by atoms with Crippen LogP contribution in [0.2, 0.25) is 0 Å². The number of H-pyrrole nitrogens is 1. The highest BCUT2D eigenvalue weighted by atomic mass is 19.4. The topological polar surface area (TPSA) is 153 Å². The van der Waals surface area contributed by atoms with Crippen LogP contribution in [0.4, 0.5) is 17.6 Å². The van der Waals surface area contributed by atoms with E-state index in [-0.39, 0.29) is 28.5 Å². The van der Waals surface area contributed by atoms with Crippen LogP contribution in [0.5, 0.6) is 0 Å². The number of nitrogens with one attached hydrogen (secondary N) is 2. The molecule has 2 heterocycles. The van der Waals surface area contributed by atoms with Gasteiger partial charge in [0.2, 0.25) is 0 Å². The smallest absolute Gasteiger partial charge is 0.370 e. The number of hydrogen-bond acceptors (Lipinski definition) is 5. The molecule has 8 N–H and O–H groups in total. The summed E-state index contributed by atoms with van der Waals surface area (Å²) in [5, 5.41) is 4.27. The third kappa shape index (κ3) is 11.1. The van der Waals surface area contributed by atoms with E-state index < -0.39 is 23.0 Å². The van der Waals surface area contributed by atoms with Gasteiger partial charge >= 0.3 is 11.9 Å². The highest BCUT2D eigenvalue weighted by Gasteiger charge is 2.37. The van der Waals surface area contributed by atoms with Crippen LogP contribution in [0.3, 0.4) is 0 Å². The molecule has 13 heteroatoms. The summed E-state index contributed by atoms with van der Waals surface area (Å²) in [7, 11) is 0. The van der Waals surface area contributed by atoms with Crippen molar-refractivity contribution < 1.29 is 17.6 Å². The molecule has 4 aromatic rings. The van der Waals surface area contributed by atoms with Crippen LogP contribution in [0.15, 0.2) is 58.4 Å². The van der Waals surface area contributed by atoms with Gasteiger partial charge in [-0.25, -0.2) is 9.18 Å². The molecule has 49 heavy (non-hydrogen) atoms. The Morgan fingerprint density at radius 2 is 1.61 bits per heavy atom. The molecule has 4 rings (SSSR count). The zero-order valence-electron chi connectivity index (χ0n) is 29.4. The van der Waals surface area contributed by atoms with Crippen molar-refractivity contribution in [1.82, 2.24) is 19.9 Å². The standard InChI is InChI=1S/C21H29N7O.C15H21F4N/c1-21(2,3)17-11-15-13-28(20(29)27-18(15)26-17)16-7-5-14(6-8-16)12-24-9-4-10-25-19(22)23;1-9(8-20)5-10-6-11(14(2,3)4)13(16)12(7-10)15(17,18)19/h5-8,11,13,24H,4,9-10,12H2,1-3H3,(H4,22,23,25)(H,26,27,29);6-7,9H,5,8,20H2,1-4H3. The molecule has 0 spiro atoms. The van der Waals surface area contributed by atoms with Crippen molar-refractivity contribution in [3.63, 3.8) is 0 Å². The molecule has 0 aliphatic heterocycles. The molecular formula is C36H50F4N8O. The first-order valence-electron chi connectivity index (χ1n) is 16.3. The zero-order chi connectivity index (χ0) is 36.7. The van der Waals surface area contributed by atoms with E-state index in [0.29, 0.717) is 30.7 Å². The maximum absolute atomic E-state index is 14.1. The Bertz CT molecular complexity index is 1740. The fourth-order valence-corrected chi connectivity index (χ4v) is 5.04. The second-order valence-corrected chi connectivity index (χ2v) is 14.4. The molecule has 2 aromatic carbocycles. The third-order valence-corrected chi connectivity index (χ3v) is 7.90. The fraction of sp³-hybridized carbons (Fsp3) is 0.472. The van der Waals surface area contributed by atoms with Crippen molar-refractivity contribution in [3.8, 4) is 5.69 Å². The highest BCUT2D eigenvalue weighted by molar-refractivity contribution is 5.76. The number of aliphatic imine (C=N–C) groups is 1. The Kier molecular flexibility index (Phi) is 12.8. The Morgan fingerprint density at radius 1 is 0.980 bits per heavy atom. The number of fused-ring (bicyclic) bond motifs is 1. The molecule has 0 fully saturated rings. The minimum atomic E-state index is -4.69. The summed E-state index contributed by atoms with van der Waals surface area (Å²) in [6, 6.07) is 12.4. The second kappa shape index (κ2) is 16.0.